The highest BCUT2D eigenvalue weighted by Crippen LogP contribution is 2.30. The lowest BCUT2D eigenvalue weighted by Gasteiger charge is -2.14. The highest BCUT2D eigenvalue weighted by atomic mass is 15.0. The Morgan fingerprint density at radius 2 is 1.85 bits per heavy atom. The van der Waals surface area contributed by atoms with E-state index in [4.69, 9.17) is 0 Å². The summed E-state index contributed by atoms with van der Waals surface area (Å²) in [6.07, 6.45) is 11.3. The van der Waals surface area contributed by atoms with Crippen molar-refractivity contribution < 1.29 is 4.57 Å². The molecule has 0 atom stereocenters. The molecule has 0 N–H and O–H groups in total. The Kier molecular flexibility index (Phi) is 5.20. The number of aromatic nitrogens is 1. The van der Waals surface area contributed by atoms with Crippen LogP contribution in [0.3, 0.4) is 0 Å². The van der Waals surface area contributed by atoms with Gasteiger partial charge >= 0.3 is 0 Å². The number of rotatable bonds is 5. The zero-order chi connectivity index (χ0) is 18.6. The summed E-state index contributed by atoms with van der Waals surface area (Å²) in [5.74, 6) is 0. The van der Waals surface area contributed by atoms with E-state index >= 15 is 0 Å². The largest absolute Gasteiger partial charge is 0.213 e. The molecular formula is C26H28N+. The van der Waals surface area contributed by atoms with Gasteiger partial charge in [0.05, 0.1) is 0 Å². The highest BCUT2D eigenvalue weighted by Gasteiger charge is 2.19. The predicted octanol–water partition coefficient (Wildman–Crippen LogP) is 6.50. The molecule has 1 aliphatic rings. The first-order valence-electron chi connectivity index (χ1n) is 10.2. The van der Waals surface area contributed by atoms with Crippen LogP contribution in [-0.2, 0) is 13.0 Å². The Bertz CT molecular complexity index is 1020. The molecule has 0 bridgehead atoms. The molecule has 0 amide bonds. The lowest BCUT2D eigenvalue weighted by atomic mass is 9.91. The quantitative estimate of drug-likeness (QED) is 0.460. The number of nitrogens with zero attached hydrogens (tertiary/aromatic N) is 1. The fraction of sp³-hybridized carbons (Fsp3) is 0.269. The van der Waals surface area contributed by atoms with Crippen LogP contribution >= 0.6 is 0 Å². The minimum Gasteiger partial charge on any atom is -0.192 e. The summed E-state index contributed by atoms with van der Waals surface area (Å²) in [4.78, 5) is 0. The van der Waals surface area contributed by atoms with Gasteiger partial charge in [-0.2, -0.15) is 4.57 Å². The van der Waals surface area contributed by atoms with Gasteiger partial charge in [-0.3, -0.25) is 0 Å². The van der Waals surface area contributed by atoms with E-state index in [2.05, 4.69) is 91.2 Å². The van der Waals surface area contributed by atoms with E-state index in [1.807, 2.05) is 0 Å². The molecule has 0 radical (unpaired) electrons. The van der Waals surface area contributed by atoms with Gasteiger partial charge in [0, 0.05) is 23.1 Å². The normalized spacial score (nSPS) is 13.8. The van der Waals surface area contributed by atoms with Crippen LogP contribution in [0, 0.1) is 0 Å². The van der Waals surface area contributed by atoms with Crippen LogP contribution in [0.1, 0.15) is 44.2 Å². The topological polar surface area (TPSA) is 3.88 Å². The Hall–Kier alpha value is -2.67. The average Bonchev–Trinajstić information content (AvgIpc) is 2.74. The Balaban J connectivity index is 1.87. The zero-order valence-electron chi connectivity index (χ0n) is 16.4. The molecule has 0 fully saturated rings. The van der Waals surface area contributed by atoms with Crippen LogP contribution in [0.15, 0.2) is 72.8 Å². The summed E-state index contributed by atoms with van der Waals surface area (Å²) in [6, 6.07) is 20.3. The summed E-state index contributed by atoms with van der Waals surface area (Å²) >= 11 is 0. The van der Waals surface area contributed by atoms with Crippen LogP contribution in [0.2, 0.25) is 0 Å². The monoisotopic (exact) mass is 354 g/mol. The fourth-order valence-electron chi connectivity index (χ4n) is 4.20. The number of pyridine rings is 1. The molecule has 0 saturated carbocycles. The second-order valence-electron chi connectivity index (χ2n) is 7.30. The molecule has 1 nitrogen and oxygen atoms in total. The minimum atomic E-state index is 0.972. The zero-order valence-corrected chi connectivity index (χ0v) is 16.4. The van der Waals surface area contributed by atoms with Crippen LogP contribution in [0.5, 0.6) is 0 Å². The van der Waals surface area contributed by atoms with Crippen molar-refractivity contribution in [3.63, 3.8) is 0 Å². The Morgan fingerprint density at radius 3 is 2.63 bits per heavy atom. The van der Waals surface area contributed by atoms with E-state index in [9.17, 15) is 0 Å². The molecule has 4 rings (SSSR count). The van der Waals surface area contributed by atoms with Crippen LogP contribution in [-0.4, -0.2) is 0 Å². The lowest BCUT2D eigenvalue weighted by Crippen LogP contribution is -2.36. The van der Waals surface area contributed by atoms with Gasteiger partial charge < -0.3 is 0 Å². The van der Waals surface area contributed by atoms with Gasteiger partial charge in [-0.05, 0) is 61.1 Å². The Morgan fingerprint density at radius 1 is 0.963 bits per heavy atom. The standard InChI is InChI=1S/C26H28N/c1-3-10-23-19-22(20-11-6-5-7-12-20)15-17-24(23)26-18-16-21-13-8-9-14-25(21)27(26)4-2/h5-6,8-9,11,13-19H,3-4,7,10,12H2,1-2H3/q+1. The summed E-state index contributed by atoms with van der Waals surface area (Å²) in [5, 5.41) is 1.30. The SMILES string of the molecule is CCCc1cc(C2=CC=CCC2)ccc1-c1ccc2ccccc2[n+]1CC. The number of benzene rings is 2. The van der Waals surface area contributed by atoms with Gasteiger partial charge in [-0.1, -0.05) is 55.8 Å². The van der Waals surface area contributed by atoms with Crippen LogP contribution in [0.25, 0.3) is 27.7 Å². The van der Waals surface area contributed by atoms with Crippen molar-refractivity contribution in [1.82, 2.24) is 0 Å². The molecule has 0 aliphatic heterocycles. The van der Waals surface area contributed by atoms with Gasteiger partial charge in [-0.15, -0.1) is 0 Å². The molecule has 136 valence electrons. The van der Waals surface area contributed by atoms with Crippen molar-refractivity contribution >= 4 is 16.5 Å². The third-order valence-corrected chi connectivity index (χ3v) is 5.54. The van der Waals surface area contributed by atoms with E-state index in [-0.39, 0.29) is 0 Å². The van der Waals surface area contributed by atoms with Crippen molar-refractivity contribution in [3.05, 3.63) is 84.0 Å². The summed E-state index contributed by atoms with van der Waals surface area (Å²) in [7, 11) is 0. The number of aryl methyl sites for hydroxylation is 2. The van der Waals surface area contributed by atoms with Crippen molar-refractivity contribution in [1.29, 1.82) is 0 Å². The summed E-state index contributed by atoms with van der Waals surface area (Å²) < 4.78 is 2.45. The average molecular weight is 355 g/mol. The fourth-order valence-corrected chi connectivity index (χ4v) is 4.20. The summed E-state index contributed by atoms with van der Waals surface area (Å²) in [6.45, 7) is 5.48. The maximum Gasteiger partial charge on any atom is 0.213 e. The first-order chi connectivity index (χ1) is 13.3. The molecule has 1 heteroatoms. The maximum atomic E-state index is 2.45. The van der Waals surface area contributed by atoms with Crippen molar-refractivity contribution in [2.24, 2.45) is 0 Å². The minimum absolute atomic E-state index is 0.972. The summed E-state index contributed by atoms with van der Waals surface area (Å²) in [5.41, 5.74) is 8.31. The molecule has 2 aromatic carbocycles. The smallest absolute Gasteiger partial charge is 0.192 e. The van der Waals surface area contributed by atoms with E-state index in [1.165, 1.54) is 38.9 Å². The molecule has 1 aliphatic carbocycles. The van der Waals surface area contributed by atoms with Crippen LogP contribution in [0.4, 0.5) is 0 Å². The van der Waals surface area contributed by atoms with Gasteiger partial charge in [0.15, 0.2) is 0 Å². The van der Waals surface area contributed by atoms with Crippen molar-refractivity contribution in [3.8, 4) is 11.3 Å². The van der Waals surface area contributed by atoms with Gasteiger partial charge in [-0.25, -0.2) is 0 Å². The molecule has 3 aromatic rings. The molecule has 0 saturated heterocycles. The van der Waals surface area contributed by atoms with Crippen molar-refractivity contribution in [2.75, 3.05) is 0 Å². The van der Waals surface area contributed by atoms with E-state index in [0.29, 0.717) is 0 Å². The second kappa shape index (κ2) is 7.92. The molecule has 1 heterocycles. The number of hydrogen-bond donors (Lipinski definition) is 0. The number of fused-ring (bicyclic) bond motifs is 1. The van der Waals surface area contributed by atoms with Crippen LogP contribution < -0.4 is 4.57 Å². The second-order valence-corrected chi connectivity index (χ2v) is 7.30. The molecule has 27 heavy (non-hydrogen) atoms. The van der Waals surface area contributed by atoms with Gasteiger partial charge in [0.25, 0.3) is 0 Å². The first kappa shape index (κ1) is 17.7. The maximum absolute atomic E-state index is 2.45. The van der Waals surface area contributed by atoms with E-state index in [1.54, 1.807) is 0 Å². The third kappa shape index (κ3) is 3.47. The molecule has 0 unspecified atom stereocenters. The molecular weight excluding hydrogens is 326 g/mol. The highest BCUT2D eigenvalue weighted by molar-refractivity contribution is 5.78. The predicted molar refractivity (Wildman–Crippen MR) is 116 cm³/mol. The van der Waals surface area contributed by atoms with Gasteiger partial charge in [0.1, 0.15) is 6.54 Å². The molecule has 0 spiro atoms. The third-order valence-electron chi connectivity index (χ3n) is 5.54. The number of allylic oxidation sites excluding steroid dienone is 4. The molecule has 1 aromatic heterocycles. The van der Waals surface area contributed by atoms with E-state index < -0.39 is 0 Å². The lowest BCUT2D eigenvalue weighted by molar-refractivity contribution is -0.656. The Labute approximate surface area is 162 Å². The number of hydrogen-bond acceptors (Lipinski definition) is 0. The van der Waals surface area contributed by atoms with E-state index in [0.717, 1.165) is 32.2 Å². The first-order valence-corrected chi connectivity index (χ1v) is 10.2. The van der Waals surface area contributed by atoms with Crippen molar-refractivity contribution in [2.45, 2.75) is 46.1 Å². The van der Waals surface area contributed by atoms with Gasteiger partial charge in [0.2, 0.25) is 11.2 Å². The number of para-hydroxylation sites is 1.